The van der Waals surface area contributed by atoms with Gasteiger partial charge in [0.1, 0.15) is 12.4 Å². The van der Waals surface area contributed by atoms with E-state index in [2.05, 4.69) is 11.3 Å². The van der Waals surface area contributed by atoms with E-state index in [-0.39, 0.29) is 10.6 Å². The van der Waals surface area contributed by atoms with Crippen molar-refractivity contribution in [3.63, 3.8) is 0 Å². The molecule has 4 nitrogen and oxygen atoms in total. The third-order valence-electron chi connectivity index (χ3n) is 2.20. The van der Waals surface area contributed by atoms with Gasteiger partial charge in [0.05, 0.1) is 4.90 Å². The van der Waals surface area contributed by atoms with Crippen LogP contribution in [0.25, 0.3) is 0 Å². The van der Waals surface area contributed by atoms with Crippen molar-refractivity contribution < 1.29 is 21.9 Å². The summed E-state index contributed by atoms with van der Waals surface area (Å²) in [6.07, 6.45) is -1.11. The van der Waals surface area contributed by atoms with E-state index in [0.717, 1.165) is 0 Å². The topological polar surface area (TPSA) is 55.4 Å². The zero-order chi connectivity index (χ0) is 14.5. The highest BCUT2D eigenvalue weighted by Crippen LogP contribution is 2.16. The van der Waals surface area contributed by atoms with Crippen LogP contribution in [0.2, 0.25) is 0 Å². The van der Waals surface area contributed by atoms with E-state index >= 15 is 0 Å². The van der Waals surface area contributed by atoms with Crippen LogP contribution in [-0.4, -0.2) is 27.5 Å². The summed E-state index contributed by atoms with van der Waals surface area (Å²) >= 11 is 0. The van der Waals surface area contributed by atoms with Gasteiger partial charge >= 0.3 is 0 Å². The second-order valence-corrected chi connectivity index (χ2v) is 5.53. The van der Waals surface area contributed by atoms with E-state index in [4.69, 9.17) is 4.74 Å². The molecular formula is C12H15F2NO3S. The first kappa shape index (κ1) is 15.6. The van der Waals surface area contributed by atoms with Crippen LogP contribution in [0.3, 0.4) is 0 Å². The molecule has 1 rings (SSSR count). The smallest absolute Gasteiger partial charge is 0.272 e. The van der Waals surface area contributed by atoms with Crippen LogP contribution in [0.5, 0.6) is 5.75 Å². The molecule has 0 aromatic heterocycles. The maximum Gasteiger partial charge on any atom is 0.272 e. The van der Waals surface area contributed by atoms with Gasteiger partial charge in [-0.05, 0) is 31.2 Å². The molecule has 0 aliphatic carbocycles. The normalized spacial score (nSPS) is 13.3. The predicted octanol–water partition coefficient (Wildman–Crippen LogP) is 2.18. The fourth-order valence-electron chi connectivity index (χ4n) is 1.24. The second kappa shape index (κ2) is 6.63. The third-order valence-corrected chi connectivity index (χ3v) is 3.78. The van der Waals surface area contributed by atoms with Gasteiger partial charge in [-0.2, -0.15) is 0 Å². The Kier molecular flexibility index (Phi) is 5.44. The first-order chi connectivity index (χ1) is 8.85. The van der Waals surface area contributed by atoms with Crippen LogP contribution in [0, 0.1) is 0 Å². The van der Waals surface area contributed by atoms with Crippen LogP contribution in [-0.2, 0) is 10.0 Å². The van der Waals surface area contributed by atoms with Crippen molar-refractivity contribution in [3.8, 4) is 5.75 Å². The highest BCUT2D eigenvalue weighted by atomic mass is 32.2. The third kappa shape index (κ3) is 4.96. The van der Waals surface area contributed by atoms with Gasteiger partial charge in [-0.3, -0.25) is 0 Å². The van der Waals surface area contributed by atoms with Gasteiger partial charge in [0, 0.05) is 6.04 Å². The Bertz CT molecular complexity index is 514. The van der Waals surface area contributed by atoms with Crippen molar-refractivity contribution in [1.82, 2.24) is 4.72 Å². The molecule has 1 N–H and O–H groups in total. The van der Waals surface area contributed by atoms with E-state index in [9.17, 15) is 17.2 Å². The summed E-state index contributed by atoms with van der Waals surface area (Å²) in [5.41, 5.74) is 0. The summed E-state index contributed by atoms with van der Waals surface area (Å²) in [5, 5.41) is 0. The van der Waals surface area contributed by atoms with Gasteiger partial charge in [0.15, 0.2) is 0 Å². The van der Waals surface area contributed by atoms with E-state index in [1.54, 1.807) is 6.92 Å². The van der Waals surface area contributed by atoms with Crippen molar-refractivity contribution in [2.75, 3.05) is 6.61 Å². The number of hydrogen-bond donors (Lipinski definition) is 1. The number of halogens is 2. The molecule has 1 aromatic rings. The zero-order valence-corrected chi connectivity index (χ0v) is 11.2. The van der Waals surface area contributed by atoms with Crippen molar-refractivity contribution in [2.45, 2.75) is 24.3 Å². The second-order valence-electron chi connectivity index (χ2n) is 3.82. The Labute approximate surface area is 111 Å². The Morgan fingerprint density at radius 1 is 1.37 bits per heavy atom. The predicted molar refractivity (Wildman–Crippen MR) is 67.9 cm³/mol. The number of nitrogens with one attached hydrogen (secondary N) is 1. The lowest BCUT2D eigenvalue weighted by Gasteiger charge is -2.11. The zero-order valence-electron chi connectivity index (χ0n) is 10.3. The average molecular weight is 291 g/mol. The molecule has 7 heteroatoms. The number of rotatable bonds is 7. The average Bonchev–Trinajstić information content (AvgIpc) is 2.36. The van der Waals surface area contributed by atoms with Gasteiger partial charge in [-0.25, -0.2) is 21.9 Å². The monoisotopic (exact) mass is 291 g/mol. The standard InChI is InChI=1S/C12H15F2NO3S/c1-3-9(2)15-19(16,17)11-6-4-10(5-7-11)18-8-12(13)14/h3-7,9,12,15H,1,8H2,2H3. The molecular weight excluding hydrogens is 276 g/mol. The number of ether oxygens (including phenoxy) is 1. The minimum absolute atomic E-state index is 0.0330. The molecule has 106 valence electrons. The summed E-state index contributed by atoms with van der Waals surface area (Å²) in [4.78, 5) is 0.0330. The van der Waals surface area contributed by atoms with Crippen molar-refractivity contribution in [3.05, 3.63) is 36.9 Å². The van der Waals surface area contributed by atoms with Gasteiger partial charge < -0.3 is 4.74 Å². The molecule has 0 saturated heterocycles. The Morgan fingerprint density at radius 2 is 1.95 bits per heavy atom. The van der Waals surface area contributed by atoms with E-state index in [1.807, 2.05) is 0 Å². The Morgan fingerprint density at radius 3 is 2.42 bits per heavy atom. The van der Waals surface area contributed by atoms with Crippen LogP contribution in [0.1, 0.15) is 6.92 Å². The molecule has 0 heterocycles. The van der Waals surface area contributed by atoms with Gasteiger partial charge in [-0.15, -0.1) is 6.58 Å². The number of sulfonamides is 1. The van der Waals surface area contributed by atoms with E-state index < -0.39 is 29.1 Å². The van der Waals surface area contributed by atoms with Crippen molar-refractivity contribution in [1.29, 1.82) is 0 Å². The number of hydrogen-bond acceptors (Lipinski definition) is 3. The SMILES string of the molecule is C=CC(C)NS(=O)(=O)c1ccc(OCC(F)F)cc1. The maximum atomic E-state index is 11.9. The largest absolute Gasteiger partial charge is 0.488 e. The molecule has 0 aliphatic heterocycles. The van der Waals surface area contributed by atoms with E-state index in [0.29, 0.717) is 0 Å². The lowest BCUT2D eigenvalue weighted by Crippen LogP contribution is -2.30. The molecule has 0 fully saturated rings. The summed E-state index contributed by atoms with van der Waals surface area (Å²) < 4.78 is 54.7. The molecule has 0 saturated carbocycles. The summed E-state index contributed by atoms with van der Waals surface area (Å²) in [6, 6.07) is 4.84. The van der Waals surface area contributed by atoms with Crippen molar-refractivity contribution in [2.24, 2.45) is 0 Å². The minimum atomic E-state index is -3.64. The van der Waals surface area contributed by atoms with Crippen LogP contribution < -0.4 is 9.46 Å². The lowest BCUT2D eigenvalue weighted by atomic mass is 10.3. The lowest BCUT2D eigenvalue weighted by molar-refractivity contribution is 0.0819. The molecule has 0 amide bonds. The molecule has 1 atom stereocenters. The number of alkyl halides is 2. The summed E-state index contributed by atoms with van der Waals surface area (Å²) in [5.74, 6) is 0.191. The number of benzene rings is 1. The quantitative estimate of drug-likeness (QED) is 0.783. The fraction of sp³-hybridized carbons (Fsp3) is 0.333. The Hall–Kier alpha value is -1.47. The van der Waals surface area contributed by atoms with Gasteiger partial charge in [-0.1, -0.05) is 6.08 Å². The molecule has 0 radical (unpaired) electrons. The highest BCUT2D eigenvalue weighted by Gasteiger charge is 2.15. The molecule has 0 bridgehead atoms. The van der Waals surface area contributed by atoms with Crippen molar-refractivity contribution >= 4 is 10.0 Å². The van der Waals surface area contributed by atoms with E-state index in [1.165, 1.54) is 30.3 Å². The van der Waals surface area contributed by atoms with Gasteiger partial charge in [0.2, 0.25) is 10.0 Å². The maximum absolute atomic E-state index is 11.9. The molecule has 1 aromatic carbocycles. The summed E-state index contributed by atoms with van der Waals surface area (Å²) in [6.45, 7) is 4.39. The highest BCUT2D eigenvalue weighted by molar-refractivity contribution is 7.89. The first-order valence-electron chi connectivity index (χ1n) is 5.51. The molecule has 0 spiro atoms. The minimum Gasteiger partial charge on any atom is -0.488 e. The first-order valence-corrected chi connectivity index (χ1v) is 6.99. The van der Waals surface area contributed by atoms with Crippen LogP contribution >= 0.6 is 0 Å². The Balaban J connectivity index is 2.78. The molecule has 19 heavy (non-hydrogen) atoms. The van der Waals surface area contributed by atoms with Crippen LogP contribution in [0.15, 0.2) is 41.8 Å². The van der Waals surface area contributed by atoms with Gasteiger partial charge in [0.25, 0.3) is 6.43 Å². The van der Waals surface area contributed by atoms with Crippen LogP contribution in [0.4, 0.5) is 8.78 Å². The molecule has 1 unspecified atom stereocenters. The fourth-order valence-corrected chi connectivity index (χ4v) is 2.45. The molecule has 0 aliphatic rings. The summed E-state index contributed by atoms with van der Waals surface area (Å²) in [7, 11) is -3.64.